The smallest absolute Gasteiger partial charge is 0.253 e. The number of nitrogens with two attached hydrogens (primary N) is 1. The topological polar surface area (TPSA) is 106 Å². The highest BCUT2D eigenvalue weighted by Gasteiger charge is 2.39. The van der Waals surface area contributed by atoms with Gasteiger partial charge in [-0.3, -0.25) is 19.2 Å². The fraction of sp³-hybridized carbons (Fsp3) is 0.419. The van der Waals surface area contributed by atoms with Gasteiger partial charge >= 0.3 is 0 Å². The number of carbonyl (C=O) groups excluding carboxylic acids is 4. The molecule has 0 saturated carbocycles. The Balaban J connectivity index is 1.36. The van der Waals surface area contributed by atoms with Crippen LogP contribution in [0.5, 0.6) is 0 Å². The van der Waals surface area contributed by atoms with Gasteiger partial charge in [-0.05, 0) is 56.0 Å². The summed E-state index contributed by atoms with van der Waals surface area (Å²) in [7, 11) is 0. The molecule has 42 heavy (non-hydrogen) atoms. The largest absolute Gasteiger partial charge is 0.338 e. The van der Waals surface area contributed by atoms with Crippen LogP contribution in [0.3, 0.4) is 0 Å². The highest BCUT2D eigenvalue weighted by molar-refractivity contribution is 6.30. The molecule has 0 radical (unpaired) electrons. The SMILES string of the molecule is CC(=O)c1cn(CC(=O)N2C[C@H](F)C[C@H]2C(=O)CCc2cccc(Cl)c2F)c2cc(C(=O)N3CCC(CN)C3)ccc12. The van der Waals surface area contributed by atoms with Crippen LogP contribution in [-0.4, -0.2) is 76.1 Å². The molecular formula is C31H33ClF2N4O4. The number of carbonyl (C=O) groups is 4. The molecule has 2 fully saturated rings. The molecule has 2 aromatic carbocycles. The molecule has 3 atom stereocenters. The van der Waals surface area contributed by atoms with Gasteiger partial charge in [0.15, 0.2) is 11.6 Å². The molecule has 3 aromatic rings. The number of aryl methyl sites for hydroxylation is 1. The lowest BCUT2D eigenvalue weighted by Crippen LogP contribution is -2.42. The third kappa shape index (κ3) is 5.96. The van der Waals surface area contributed by atoms with Crippen molar-refractivity contribution in [1.82, 2.24) is 14.4 Å². The summed E-state index contributed by atoms with van der Waals surface area (Å²) in [5.74, 6) is -1.56. The number of benzene rings is 2. The molecule has 0 spiro atoms. The molecule has 222 valence electrons. The minimum atomic E-state index is -1.37. The van der Waals surface area contributed by atoms with Crippen LogP contribution in [0.2, 0.25) is 5.02 Å². The maximum absolute atomic E-state index is 14.5. The zero-order valence-electron chi connectivity index (χ0n) is 23.3. The van der Waals surface area contributed by atoms with Gasteiger partial charge in [0.25, 0.3) is 5.91 Å². The van der Waals surface area contributed by atoms with Gasteiger partial charge in [0.1, 0.15) is 18.5 Å². The van der Waals surface area contributed by atoms with Crippen molar-refractivity contribution in [1.29, 1.82) is 0 Å². The van der Waals surface area contributed by atoms with Crippen molar-refractivity contribution in [2.45, 2.75) is 51.4 Å². The molecule has 1 aromatic heterocycles. The van der Waals surface area contributed by atoms with E-state index in [4.69, 9.17) is 17.3 Å². The van der Waals surface area contributed by atoms with Crippen LogP contribution in [0.1, 0.15) is 52.5 Å². The molecule has 8 nitrogen and oxygen atoms in total. The first-order valence-corrected chi connectivity index (χ1v) is 14.5. The fourth-order valence-corrected chi connectivity index (χ4v) is 6.19. The minimum absolute atomic E-state index is 0.0460. The monoisotopic (exact) mass is 598 g/mol. The maximum atomic E-state index is 14.5. The number of amides is 2. The Morgan fingerprint density at radius 1 is 1.12 bits per heavy atom. The van der Waals surface area contributed by atoms with Crippen molar-refractivity contribution in [2.75, 3.05) is 26.2 Å². The lowest BCUT2D eigenvalue weighted by molar-refractivity contribution is -0.138. The molecule has 2 N–H and O–H groups in total. The molecule has 11 heteroatoms. The van der Waals surface area contributed by atoms with E-state index in [1.807, 2.05) is 0 Å². The van der Waals surface area contributed by atoms with E-state index in [-0.39, 0.29) is 66.3 Å². The number of halogens is 3. The average Bonchev–Trinajstić information content (AvgIpc) is 3.70. The third-order valence-corrected chi connectivity index (χ3v) is 8.63. The number of ketones is 2. The Labute approximate surface area is 247 Å². The average molecular weight is 599 g/mol. The highest BCUT2D eigenvalue weighted by Crippen LogP contribution is 2.28. The summed E-state index contributed by atoms with van der Waals surface area (Å²) in [5.41, 5.74) is 7.38. The second kappa shape index (κ2) is 12.3. The summed E-state index contributed by atoms with van der Waals surface area (Å²) < 4.78 is 30.4. The number of fused-ring (bicyclic) bond motifs is 1. The van der Waals surface area contributed by atoms with Crippen LogP contribution < -0.4 is 5.73 Å². The number of Topliss-reactive ketones (excluding diaryl/α,β-unsaturated/α-hetero) is 2. The van der Waals surface area contributed by atoms with Crippen molar-refractivity contribution in [3.05, 3.63) is 70.1 Å². The molecule has 3 heterocycles. The van der Waals surface area contributed by atoms with E-state index < -0.39 is 23.9 Å². The first kappa shape index (κ1) is 29.8. The lowest BCUT2D eigenvalue weighted by atomic mass is 10.0. The predicted molar refractivity (Wildman–Crippen MR) is 155 cm³/mol. The Morgan fingerprint density at radius 3 is 2.62 bits per heavy atom. The van der Waals surface area contributed by atoms with Gasteiger partial charge in [-0.15, -0.1) is 0 Å². The Morgan fingerprint density at radius 2 is 1.90 bits per heavy atom. The second-order valence-corrected chi connectivity index (χ2v) is 11.6. The van der Waals surface area contributed by atoms with Crippen LogP contribution in [0.4, 0.5) is 8.78 Å². The second-order valence-electron chi connectivity index (χ2n) is 11.2. The van der Waals surface area contributed by atoms with E-state index in [0.29, 0.717) is 41.7 Å². The van der Waals surface area contributed by atoms with Gasteiger partial charge in [0.05, 0.1) is 23.1 Å². The Hall–Kier alpha value is -3.63. The summed E-state index contributed by atoms with van der Waals surface area (Å²) in [6.45, 7) is 2.62. The normalized spacial score (nSPS) is 20.5. The minimum Gasteiger partial charge on any atom is -0.338 e. The van der Waals surface area contributed by atoms with E-state index in [2.05, 4.69) is 0 Å². The van der Waals surface area contributed by atoms with Crippen molar-refractivity contribution in [2.24, 2.45) is 11.7 Å². The van der Waals surface area contributed by atoms with Crippen LogP contribution >= 0.6 is 11.6 Å². The zero-order chi connectivity index (χ0) is 30.1. The van der Waals surface area contributed by atoms with Crippen molar-refractivity contribution >= 4 is 45.9 Å². The zero-order valence-corrected chi connectivity index (χ0v) is 24.1. The Kier molecular flexibility index (Phi) is 8.75. The van der Waals surface area contributed by atoms with Crippen molar-refractivity contribution in [3.63, 3.8) is 0 Å². The summed E-state index contributed by atoms with van der Waals surface area (Å²) in [6, 6.07) is 8.59. The summed E-state index contributed by atoms with van der Waals surface area (Å²) in [6.07, 6.45) is 0.884. The first-order chi connectivity index (χ1) is 20.1. The first-order valence-electron chi connectivity index (χ1n) is 14.1. The number of hydrogen-bond donors (Lipinski definition) is 1. The van der Waals surface area contributed by atoms with Crippen LogP contribution in [0.25, 0.3) is 10.9 Å². The van der Waals surface area contributed by atoms with E-state index in [9.17, 15) is 28.0 Å². The fourth-order valence-electron chi connectivity index (χ4n) is 6.00. The van der Waals surface area contributed by atoms with Crippen LogP contribution in [0.15, 0.2) is 42.6 Å². The Bertz CT molecular complexity index is 1560. The quantitative estimate of drug-likeness (QED) is 0.372. The molecule has 1 unspecified atom stereocenters. The number of alkyl halides is 1. The number of nitrogens with zero attached hydrogens (tertiary/aromatic N) is 3. The number of rotatable bonds is 9. The molecule has 2 amide bonds. The van der Waals surface area contributed by atoms with Gasteiger partial charge in [0.2, 0.25) is 5.91 Å². The van der Waals surface area contributed by atoms with Crippen molar-refractivity contribution < 1.29 is 28.0 Å². The molecular weight excluding hydrogens is 566 g/mol. The van der Waals surface area contributed by atoms with E-state index in [0.717, 1.165) is 6.42 Å². The van der Waals surface area contributed by atoms with E-state index in [1.54, 1.807) is 39.9 Å². The van der Waals surface area contributed by atoms with Gasteiger partial charge in [0, 0.05) is 48.6 Å². The maximum Gasteiger partial charge on any atom is 0.253 e. The predicted octanol–water partition coefficient (Wildman–Crippen LogP) is 4.20. The summed E-state index contributed by atoms with van der Waals surface area (Å²) in [4.78, 5) is 55.2. The van der Waals surface area contributed by atoms with Gasteiger partial charge < -0.3 is 20.1 Å². The molecule has 2 aliphatic rings. The molecule has 0 aliphatic carbocycles. The summed E-state index contributed by atoms with van der Waals surface area (Å²) >= 11 is 5.84. The van der Waals surface area contributed by atoms with Crippen molar-refractivity contribution in [3.8, 4) is 0 Å². The highest BCUT2D eigenvalue weighted by atomic mass is 35.5. The third-order valence-electron chi connectivity index (χ3n) is 8.33. The van der Waals surface area contributed by atoms with Gasteiger partial charge in [-0.25, -0.2) is 8.78 Å². The summed E-state index contributed by atoms with van der Waals surface area (Å²) in [5, 5.41) is 0.546. The number of likely N-dealkylation sites (tertiary alicyclic amines) is 2. The number of hydrogen-bond acceptors (Lipinski definition) is 5. The molecule has 2 aliphatic heterocycles. The standard InChI is InChI=1S/C31H33ClF2N4O4/c1-18(39)24-16-37(26-11-21(5-7-23(24)26)31(42)36-10-9-19(13-35)14-36)17-29(41)38-15-22(33)12-27(38)28(40)8-6-20-3-2-4-25(32)30(20)34/h2-5,7,11,16,19,22,27H,6,8-10,12-15,17,35H2,1H3/t19?,22-,27+/m1/s1. The van der Waals surface area contributed by atoms with Gasteiger partial charge in [-0.1, -0.05) is 29.8 Å². The van der Waals surface area contributed by atoms with E-state index in [1.165, 1.54) is 24.0 Å². The van der Waals surface area contributed by atoms with E-state index >= 15 is 0 Å². The molecule has 5 rings (SSSR count). The number of aromatic nitrogens is 1. The molecule has 2 saturated heterocycles. The van der Waals surface area contributed by atoms with Crippen LogP contribution in [-0.2, 0) is 22.6 Å². The lowest BCUT2D eigenvalue weighted by Gasteiger charge is -2.24. The van der Waals surface area contributed by atoms with Crippen LogP contribution in [0, 0.1) is 11.7 Å². The van der Waals surface area contributed by atoms with Gasteiger partial charge in [-0.2, -0.15) is 0 Å². The molecule has 0 bridgehead atoms.